The molecule has 1 amide bonds. The molecule has 178 valence electrons. The first-order chi connectivity index (χ1) is 16.1. The fourth-order valence-electron chi connectivity index (χ4n) is 4.86. The second-order valence-corrected chi connectivity index (χ2v) is 8.68. The predicted molar refractivity (Wildman–Crippen MR) is 125 cm³/mol. The van der Waals surface area contributed by atoms with E-state index in [2.05, 4.69) is 4.90 Å². The summed E-state index contributed by atoms with van der Waals surface area (Å²) in [6, 6.07) is 7.59. The predicted octanol–water partition coefficient (Wildman–Crippen LogP) is 4.65. The van der Waals surface area contributed by atoms with Gasteiger partial charge >= 0.3 is 5.97 Å². The van der Waals surface area contributed by atoms with E-state index in [-0.39, 0.29) is 31.2 Å². The summed E-state index contributed by atoms with van der Waals surface area (Å²) in [6.45, 7) is -0.301. The average molecular weight is 455 g/mol. The van der Waals surface area contributed by atoms with Crippen LogP contribution in [-0.2, 0) is 14.3 Å². The zero-order valence-electron chi connectivity index (χ0n) is 19.5. The lowest BCUT2D eigenvalue weighted by molar-refractivity contribution is -0.152. The lowest BCUT2D eigenvalue weighted by Gasteiger charge is -2.41. The molecular weight excluding hydrogens is 420 g/mol. The SMILES string of the molecule is COc1cc(/C=C/C(=O)OCC(=O)N(C2CCCCC2)C2CCCCC2)ccc1OCC#N. The normalized spacial score (nSPS) is 17.3. The number of nitriles is 1. The summed E-state index contributed by atoms with van der Waals surface area (Å²) in [5.41, 5.74) is 0.713. The van der Waals surface area contributed by atoms with Gasteiger partial charge < -0.3 is 19.1 Å². The first kappa shape index (κ1) is 24.6. The minimum atomic E-state index is -0.556. The highest BCUT2D eigenvalue weighted by atomic mass is 16.5. The third kappa shape index (κ3) is 7.24. The molecule has 33 heavy (non-hydrogen) atoms. The molecule has 3 rings (SSSR count). The third-order valence-electron chi connectivity index (χ3n) is 6.45. The van der Waals surface area contributed by atoms with E-state index < -0.39 is 5.97 Å². The standard InChI is InChI=1S/C26H34N2O5/c1-31-24-18-20(12-14-23(24)32-17-16-27)13-15-26(30)33-19-25(29)28(21-8-4-2-5-9-21)22-10-6-3-7-11-22/h12-15,18,21-22H,2-11,17,19H2,1H3/b15-13+. The minimum Gasteiger partial charge on any atom is -0.493 e. The Hall–Kier alpha value is -3.01. The molecule has 0 unspecified atom stereocenters. The maximum atomic E-state index is 13.1. The van der Waals surface area contributed by atoms with Gasteiger partial charge in [0.15, 0.2) is 24.7 Å². The Labute approximate surface area is 196 Å². The van der Waals surface area contributed by atoms with Crippen molar-refractivity contribution in [2.45, 2.75) is 76.3 Å². The lowest BCUT2D eigenvalue weighted by Crippen LogP contribution is -2.50. The summed E-state index contributed by atoms with van der Waals surface area (Å²) in [5, 5.41) is 8.66. The van der Waals surface area contributed by atoms with Gasteiger partial charge in [-0.3, -0.25) is 4.79 Å². The number of ether oxygens (including phenoxy) is 3. The topological polar surface area (TPSA) is 88.9 Å². The van der Waals surface area contributed by atoms with Crippen LogP contribution in [0.4, 0.5) is 0 Å². The molecule has 0 bridgehead atoms. The second-order valence-electron chi connectivity index (χ2n) is 8.68. The average Bonchev–Trinajstić information content (AvgIpc) is 2.86. The summed E-state index contributed by atoms with van der Waals surface area (Å²) in [4.78, 5) is 27.4. The number of benzene rings is 1. The van der Waals surface area contributed by atoms with Crippen molar-refractivity contribution in [3.8, 4) is 17.6 Å². The number of methoxy groups -OCH3 is 1. The summed E-state index contributed by atoms with van der Waals surface area (Å²) in [7, 11) is 1.51. The fraction of sp³-hybridized carbons (Fsp3) is 0.577. The highest BCUT2D eigenvalue weighted by Gasteiger charge is 2.32. The molecule has 0 atom stereocenters. The van der Waals surface area contributed by atoms with Crippen LogP contribution in [0.1, 0.15) is 69.8 Å². The smallest absolute Gasteiger partial charge is 0.331 e. The monoisotopic (exact) mass is 454 g/mol. The van der Waals surface area contributed by atoms with E-state index in [0.717, 1.165) is 51.4 Å². The van der Waals surface area contributed by atoms with Crippen molar-refractivity contribution in [3.05, 3.63) is 29.8 Å². The molecule has 1 aromatic carbocycles. The molecule has 0 aliphatic heterocycles. The van der Waals surface area contributed by atoms with Gasteiger partial charge in [0.25, 0.3) is 5.91 Å². The number of rotatable bonds is 9. The fourth-order valence-corrected chi connectivity index (χ4v) is 4.86. The number of hydrogen-bond acceptors (Lipinski definition) is 6. The summed E-state index contributed by atoms with van der Waals surface area (Å²) < 4.78 is 15.9. The highest BCUT2D eigenvalue weighted by Crippen LogP contribution is 2.31. The maximum absolute atomic E-state index is 13.1. The van der Waals surface area contributed by atoms with Gasteiger partial charge in [0, 0.05) is 18.2 Å². The van der Waals surface area contributed by atoms with E-state index >= 15 is 0 Å². The van der Waals surface area contributed by atoms with Crippen molar-refractivity contribution < 1.29 is 23.8 Å². The van der Waals surface area contributed by atoms with Crippen molar-refractivity contribution >= 4 is 18.0 Å². The Bertz CT molecular complexity index is 846. The highest BCUT2D eigenvalue weighted by molar-refractivity contribution is 5.89. The van der Waals surface area contributed by atoms with Gasteiger partial charge in [0.05, 0.1) is 7.11 Å². The van der Waals surface area contributed by atoms with E-state index in [1.165, 1.54) is 26.0 Å². The molecular formula is C26H34N2O5. The van der Waals surface area contributed by atoms with Gasteiger partial charge in [-0.1, -0.05) is 44.6 Å². The zero-order chi connectivity index (χ0) is 23.5. The molecule has 0 radical (unpaired) electrons. The Balaban J connectivity index is 1.57. The Kier molecular flexibility index (Phi) is 9.61. The first-order valence-corrected chi connectivity index (χ1v) is 12.0. The van der Waals surface area contributed by atoms with E-state index in [1.807, 2.05) is 6.07 Å². The van der Waals surface area contributed by atoms with Crippen molar-refractivity contribution in [2.24, 2.45) is 0 Å². The van der Waals surface area contributed by atoms with Crippen molar-refractivity contribution in [2.75, 3.05) is 20.3 Å². The van der Waals surface area contributed by atoms with Gasteiger partial charge in [0.2, 0.25) is 0 Å². The van der Waals surface area contributed by atoms with Crippen molar-refractivity contribution in [3.63, 3.8) is 0 Å². The molecule has 0 N–H and O–H groups in total. The number of amides is 1. The van der Waals surface area contributed by atoms with Crippen LogP contribution in [0.25, 0.3) is 6.08 Å². The van der Waals surface area contributed by atoms with Crippen LogP contribution in [-0.4, -0.2) is 49.2 Å². The molecule has 0 spiro atoms. The van der Waals surface area contributed by atoms with Crippen LogP contribution in [0.2, 0.25) is 0 Å². The summed E-state index contributed by atoms with van der Waals surface area (Å²) in [5.74, 6) is 0.289. The third-order valence-corrected chi connectivity index (χ3v) is 6.45. The molecule has 2 aliphatic carbocycles. The molecule has 2 saturated carbocycles. The number of esters is 1. The van der Waals surface area contributed by atoms with Gasteiger partial charge in [-0.25, -0.2) is 4.79 Å². The van der Waals surface area contributed by atoms with Gasteiger partial charge in [-0.05, 0) is 49.5 Å². The van der Waals surface area contributed by atoms with Crippen LogP contribution in [0.3, 0.4) is 0 Å². The molecule has 2 aliphatic rings. The Morgan fingerprint density at radius 3 is 2.24 bits per heavy atom. The van der Waals surface area contributed by atoms with E-state index in [1.54, 1.807) is 24.3 Å². The second kappa shape index (κ2) is 12.9. The molecule has 0 saturated heterocycles. The van der Waals surface area contributed by atoms with Crippen LogP contribution < -0.4 is 9.47 Å². The van der Waals surface area contributed by atoms with Crippen molar-refractivity contribution in [1.82, 2.24) is 4.90 Å². The minimum absolute atomic E-state index is 0.0730. The molecule has 0 aromatic heterocycles. The maximum Gasteiger partial charge on any atom is 0.331 e. The summed E-state index contributed by atoms with van der Waals surface area (Å²) >= 11 is 0. The molecule has 7 nitrogen and oxygen atoms in total. The van der Waals surface area contributed by atoms with Gasteiger partial charge in [-0.15, -0.1) is 0 Å². The molecule has 1 aromatic rings. The quantitative estimate of drug-likeness (QED) is 0.399. The van der Waals surface area contributed by atoms with Gasteiger partial charge in [-0.2, -0.15) is 5.26 Å². The molecule has 7 heteroatoms. The molecule has 0 heterocycles. The Morgan fingerprint density at radius 2 is 1.67 bits per heavy atom. The van der Waals surface area contributed by atoms with Crippen LogP contribution >= 0.6 is 0 Å². The Morgan fingerprint density at radius 1 is 1.03 bits per heavy atom. The number of carbonyl (C=O) groups excluding carboxylic acids is 2. The van der Waals surface area contributed by atoms with E-state index in [0.29, 0.717) is 17.1 Å². The van der Waals surface area contributed by atoms with Gasteiger partial charge in [0.1, 0.15) is 6.07 Å². The number of hydrogen-bond donors (Lipinski definition) is 0. The first-order valence-electron chi connectivity index (χ1n) is 12.0. The van der Waals surface area contributed by atoms with Crippen LogP contribution in [0.15, 0.2) is 24.3 Å². The number of carbonyl (C=O) groups is 2. The summed E-state index contributed by atoms with van der Waals surface area (Å²) in [6.07, 6.45) is 14.2. The van der Waals surface area contributed by atoms with Crippen LogP contribution in [0, 0.1) is 11.3 Å². The van der Waals surface area contributed by atoms with E-state index in [4.69, 9.17) is 19.5 Å². The van der Waals surface area contributed by atoms with Crippen LogP contribution in [0.5, 0.6) is 11.5 Å². The largest absolute Gasteiger partial charge is 0.493 e. The van der Waals surface area contributed by atoms with Crippen molar-refractivity contribution in [1.29, 1.82) is 5.26 Å². The number of nitrogens with zero attached hydrogens (tertiary/aromatic N) is 2. The van der Waals surface area contributed by atoms with E-state index in [9.17, 15) is 9.59 Å². The lowest BCUT2D eigenvalue weighted by atomic mass is 9.88. The zero-order valence-corrected chi connectivity index (χ0v) is 19.5. The molecule has 2 fully saturated rings.